The molecule has 2 rings (SSSR count). The predicted molar refractivity (Wildman–Crippen MR) is 84.2 cm³/mol. The van der Waals surface area contributed by atoms with Crippen LogP contribution in [0.2, 0.25) is 5.02 Å². The largest absolute Gasteiger partial charge is 0.381 e. The van der Waals surface area contributed by atoms with Crippen molar-refractivity contribution in [2.75, 3.05) is 10.6 Å². The van der Waals surface area contributed by atoms with Gasteiger partial charge in [-0.2, -0.15) is 0 Å². The maximum Gasteiger partial charge on any atom is 0.221 e. The van der Waals surface area contributed by atoms with Gasteiger partial charge < -0.3 is 10.6 Å². The molecule has 2 N–H and O–H groups in total. The van der Waals surface area contributed by atoms with Gasteiger partial charge in [0.1, 0.15) is 5.82 Å². The summed E-state index contributed by atoms with van der Waals surface area (Å²) in [5.74, 6) is -0.538. The van der Waals surface area contributed by atoms with Crippen molar-refractivity contribution in [2.24, 2.45) is 0 Å². The van der Waals surface area contributed by atoms with Gasteiger partial charge in [-0.25, -0.2) is 4.39 Å². The molecule has 0 spiro atoms. The van der Waals surface area contributed by atoms with E-state index < -0.39 is 5.82 Å². The van der Waals surface area contributed by atoms with Crippen molar-refractivity contribution >= 4 is 28.9 Å². The maximum atomic E-state index is 13.1. The van der Waals surface area contributed by atoms with E-state index in [0.717, 1.165) is 22.5 Å². The molecule has 0 fully saturated rings. The minimum atomic E-state index is -0.427. The molecule has 0 bridgehead atoms. The molecule has 5 heteroatoms. The minimum Gasteiger partial charge on any atom is -0.381 e. The van der Waals surface area contributed by atoms with E-state index in [1.807, 2.05) is 25.1 Å². The van der Waals surface area contributed by atoms with E-state index in [4.69, 9.17) is 11.6 Å². The van der Waals surface area contributed by atoms with Gasteiger partial charge in [-0.3, -0.25) is 4.79 Å². The lowest BCUT2D eigenvalue weighted by Crippen LogP contribution is -2.08. The molecule has 0 radical (unpaired) electrons. The highest BCUT2D eigenvalue weighted by molar-refractivity contribution is 6.30. The third-order valence-electron chi connectivity index (χ3n) is 3.03. The monoisotopic (exact) mass is 306 g/mol. The van der Waals surface area contributed by atoms with Crippen molar-refractivity contribution in [3.63, 3.8) is 0 Å². The van der Waals surface area contributed by atoms with Crippen molar-refractivity contribution in [3.05, 3.63) is 58.4 Å². The van der Waals surface area contributed by atoms with Crippen molar-refractivity contribution in [1.82, 2.24) is 0 Å². The molecule has 2 aromatic rings. The van der Waals surface area contributed by atoms with Crippen LogP contribution in [0, 0.1) is 12.7 Å². The average molecular weight is 307 g/mol. The summed E-state index contributed by atoms with van der Waals surface area (Å²) in [4.78, 5) is 11.1. The van der Waals surface area contributed by atoms with Gasteiger partial charge in [0.25, 0.3) is 0 Å². The molecule has 0 aliphatic carbocycles. The number of amides is 1. The summed E-state index contributed by atoms with van der Waals surface area (Å²) in [6.45, 7) is 3.91. The van der Waals surface area contributed by atoms with E-state index in [1.165, 1.54) is 13.0 Å². The standard InChI is InChI=1S/C16H16ClFN2O/c1-10-3-5-13(8-16(10)20-11(2)21)19-9-12-4-6-15(18)14(17)7-12/h3-8,19H,9H2,1-2H3,(H,20,21). The van der Waals surface area contributed by atoms with E-state index in [2.05, 4.69) is 10.6 Å². The van der Waals surface area contributed by atoms with Crippen LogP contribution in [0.15, 0.2) is 36.4 Å². The van der Waals surface area contributed by atoms with Crippen molar-refractivity contribution < 1.29 is 9.18 Å². The number of benzene rings is 2. The molecule has 0 aromatic heterocycles. The molecular weight excluding hydrogens is 291 g/mol. The lowest BCUT2D eigenvalue weighted by atomic mass is 10.1. The smallest absolute Gasteiger partial charge is 0.221 e. The summed E-state index contributed by atoms with van der Waals surface area (Å²) >= 11 is 5.75. The van der Waals surface area contributed by atoms with Crippen molar-refractivity contribution in [2.45, 2.75) is 20.4 Å². The summed E-state index contributed by atoms with van der Waals surface area (Å²) in [5, 5.41) is 6.10. The van der Waals surface area contributed by atoms with Crippen LogP contribution in [-0.4, -0.2) is 5.91 Å². The van der Waals surface area contributed by atoms with Gasteiger partial charge in [0, 0.05) is 24.8 Å². The van der Waals surface area contributed by atoms with Gasteiger partial charge in [-0.1, -0.05) is 23.7 Å². The van der Waals surface area contributed by atoms with Gasteiger partial charge in [0.15, 0.2) is 0 Å². The number of carbonyl (C=O) groups excluding carboxylic acids is 1. The number of carbonyl (C=O) groups is 1. The van der Waals surface area contributed by atoms with E-state index in [1.54, 1.807) is 12.1 Å². The van der Waals surface area contributed by atoms with Gasteiger partial charge in [0.05, 0.1) is 5.02 Å². The highest BCUT2D eigenvalue weighted by Crippen LogP contribution is 2.22. The Morgan fingerprint density at radius 2 is 2.00 bits per heavy atom. The third-order valence-corrected chi connectivity index (χ3v) is 3.32. The zero-order valence-corrected chi connectivity index (χ0v) is 12.6. The van der Waals surface area contributed by atoms with Gasteiger partial charge in [0.2, 0.25) is 5.91 Å². The predicted octanol–water partition coefficient (Wildman–Crippen LogP) is 4.36. The summed E-state index contributed by atoms with van der Waals surface area (Å²) < 4.78 is 13.1. The molecule has 2 aromatic carbocycles. The summed E-state index contributed by atoms with van der Waals surface area (Å²) in [7, 11) is 0. The molecule has 1 amide bonds. The van der Waals surface area contributed by atoms with Crippen LogP contribution < -0.4 is 10.6 Å². The number of hydrogen-bond donors (Lipinski definition) is 2. The summed E-state index contributed by atoms with van der Waals surface area (Å²) in [6, 6.07) is 10.3. The second-order valence-corrected chi connectivity index (χ2v) is 5.22. The van der Waals surface area contributed by atoms with Gasteiger partial charge in [-0.05, 0) is 42.3 Å². The first-order valence-electron chi connectivity index (χ1n) is 6.52. The first kappa shape index (κ1) is 15.3. The third kappa shape index (κ3) is 4.20. The highest BCUT2D eigenvalue weighted by Gasteiger charge is 2.04. The molecular formula is C16H16ClFN2O. The number of anilines is 2. The Bertz CT molecular complexity index is 673. The van der Waals surface area contributed by atoms with Crippen LogP contribution in [0.5, 0.6) is 0 Å². The molecule has 3 nitrogen and oxygen atoms in total. The Morgan fingerprint density at radius 1 is 1.24 bits per heavy atom. The number of halogens is 2. The average Bonchev–Trinajstić information content (AvgIpc) is 2.43. The van der Waals surface area contributed by atoms with Crippen LogP contribution in [0.25, 0.3) is 0 Å². The molecule has 0 saturated heterocycles. The Labute approximate surface area is 128 Å². The Balaban J connectivity index is 2.09. The van der Waals surface area contributed by atoms with E-state index >= 15 is 0 Å². The Hall–Kier alpha value is -2.07. The number of rotatable bonds is 4. The van der Waals surface area contributed by atoms with Crippen molar-refractivity contribution in [3.8, 4) is 0 Å². The van der Waals surface area contributed by atoms with E-state index in [0.29, 0.717) is 6.54 Å². The fourth-order valence-electron chi connectivity index (χ4n) is 1.91. The first-order chi connectivity index (χ1) is 9.95. The van der Waals surface area contributed by atoms with Crippen LogP contribution >= 0.6 is 11.6 Å². The van der Waals surface area contributed by atoms with Crippen molar-refractivity contribution in [1.29, 1.82) is 0 Å². The highest BCUT2D eigenvalue weighted by atomic mass is 35.5. The fraction of sp³-hybridized carbons (Fsp3) is 0.188. The topological polar surface area (TPSA) is 41.1 Å². The normalized spacial score (nSPS) is 10.3. The quantitative estimate of drug-likeness (QED) is 0.881. The molecule has 0 heterocycles. The molecule has 0 unspecified atom stereocenters. The SMILES string of the molecule is CC(=O)Nc1cc(NCc2ccc(F)c(Cl)c2)ccc1C. The zero-order chi connectivity index (χ0) is 15.4. The van der Waals surface area contributed by atoms with Crippen LogP contribution in [0.4, 0.5) is 15.8 Å². The number of aryl methyl sites for hydroxylation is 1. The summed E-state index contributed by atoms with van der Waals surface area (Å²) in [5.41, 5.74) is 3.50. The Kier molecular flexibility index (Phi) is 4.81. The second-order valence-electron chi connectivity index (χ2n) is 4.81. The zero-order valence-electron chi connectivity index (χ0n) is 11.8. The molecule has 0 aliphatic rings. The minimum absolute atomic E-state index is 0.108. The fourth-order valence-corrected chi connectivity index (χ4v) is 2.11. The van der Waals surface area contributed by atoms with Gasteiger partial charge >= 0.3 is 0 Å². The first-order valence-corrected chi connectivity index (χ1v) is 6.89. The molecule has 21 heavy (non-hydrogen) atoms. The lowest BCUT2D eigenvalue weighted by molar-refractivity contribution is -0.114. The van der Waals surface area contributed by atoms with Gasteiger partial charge in [-0.15, -0.1) is 0 Å². The van der Waals surface area contributed by atoms with Crippen LogP contribution in [0.3, 0.4) is 0 Å². The number of hydrogen-bond acceptors (Lipinski definition) is 2. The molecule has 110 valence electrons. The van der Waals surface area contributed by atoms with Crippen LogP contribution in [-0.2, 0) is 11.3 Å². The van der Waals surface area contributed by atoms with E-state index in [9.17, 15) is 9.18 Å². The van der Waals surface area contributed by atoms with Crippen LogP contribution in [0.1, 0.15) is 18.1 Å². The number of nitrogens with one attached hydrogen (secondary N) is 2. The molecule has 0 aliphatic heterocycles. The summed E-state index contributed by atoms with van der Waals surface area (Å²) in [6.07, 6.45) is 0. The van der Waals surface area contributed by atoms with E-state index in [-0.39, 0.29) is 10.9 Å². The molecule has 0 atom stereocenters. The second kappa shape index (κ2) is 6.59. The Morgan fingerprint density at radius 3 is 2.67 bits per heavy atom. The molecule has 0 saturated carbocycles. The lowest BCUT2D eigenvalue weighted by Gasteiger charge is -2.11. The maximum absolute atomic E-state index is 13.1.